The Hall–Kier alpha value is -0.930. The van der Waals surface area contributed by atoms with Crippen LogP contribution in [0.25, 0.3) is 0 Å². The Morgan fingerprint density at radius 1 is 1.32 bits per heavy atom. The Balaban J connectivity index is 1.84. The number of halogens is 1. The Bertz CT molecular complexity index is 399. The topological polar surface area (TPSA) is 23.5 Å². The second kappa shape index (κ2) is 6.49. The van der Waals surface area contributed by atoms with Crippen LogP contribution < -0.4 is 0 Å². The summed E-state index contributed by atoms with van der Waals surface area (Å²) in [6.07, 6.45) is 1.40. The van der Waals surface area contributed by atoms with Crippen LogP contribution in [-0.4, -0.2) is 29.6 Å². The van der Waals surface area contributed by atoms with Crippen molar-refractivity contribution >= 4 is 0 Å². The highest BCUT2D eigenvalue weighted by atomic mass is 19.1. The van der Waals surface area contributed by atoms with Crippen LogP contribution in [0.4, 0.5) is 4.39 Å². The van der Waals surface area contributed by atoms with Gasteiger partial charge in [0.15, 0.2) is 0 Å². The van der Waals surface area contributed by atoms with Crippen molar-refractivity contribution in [2.24, 2.45) is 11.8 Å². The van der Waals surface area contributed by atoms with E-state index >= 15 is 0 Å². The number of benzene rings is 1. The molecule has 0 aromatic heterocycles. The molecule has 3 atom stereocenters. The summed E-state index contributed by atoms with van der Waals surface area (Å²) < 4.78 is 13.1. The number of hydrogen-bond acceptors (Lipinski definition) is 2. The van der Waals surface area contributed by atoms with E-state index < -0.39 is 6.10 Å². The Morgan fingerprint density at radius 2 is 2.00 bits per heavy atom. The van der Waals surface area contributed by atoms with Gasteiger partial charge in [0, 0.05) is 19.6 Å². The molecular formula is C16H24FNO. The zero-order chi connectivity index (χ0) is 13.8. The van der Waals surface area contributed by atoms with E-state index in [1.165, 1.54) is 18.6 Å². The highest BCUT2D eigenvalue weighted by Gasteiger charge is 2.22. The van der Waals surface area contributed by atoms with Gasteiger partial charge in [-0.05, 0) is 42.4 Å². The summed E-state index contributed by atoms with van der Waals surface area (Å²) in [6, 6.07) is 6.27. The molecule has 1 saturated heterocycles. The summed E-state index contributed by atoms with van der Waals surface area (Å²) in [7, 11) is 0. The van der Waals surface area contributed by atoms with E-state index in [0.717, 1.165) is 31.5 Å². The van der Waals surface area contributed by atoms with Crippen LogP contribution in [0.15, 0.2) is 24.3 Å². The SMILES string of the molecule is CC1CC(C)CN(CCC(O)c2cccc(F)c2)C1. The van der Waals surface area contributed by atoms with Gasteiger partial charge in [0.1, 0.15) is 5.82 Å². The highest BCUT2D eigenvalue weighted by molar-refractivity contribution is 5.18. The first-order valence-electron chi connectivity index (χ1n) is 7.20. The van der Waals surface area contributed by atoms with Crippen molar-refractivity contribution in [1.29, 1.82) is 0 Å². The zero-order valence-corrected chi connectivity index (χ0v) is 11.8. The van der Waals surface area contributed by atoms with E-state index in [1.807, 2.05) is 0 Å². The van der Waals surface area contributed by atoms with Gasteiger partial charge in [0.2, 0.25) is 0 Å². The maximum absolute atomic E-state index is 13.1. The molecule has 0 radical (unpaired) electrons. The Kier molecular flexibility index (Phi) is 4.94. The fraction of sp³-hybridized carbons (Fsp3) is 0.625. The summed E-state index contributed by atoms with van der Waals surface area (Å²) in [4.78, 5) is 2.42. The predicted molar refractivity (Wildman–Crippen MR) is 75.4 cm³/mol. The maximum atomic E-state index is 13.1. The Labute approximate surface area is 115 Å². The van der Waals surface area contributed by atoms with Crippen LogP contribution >= 0.6 is 0 Å². The van der Waals surface area contributed by atoms with Crippen LogP contribution in [0, 0.1) is 17.7 Å². The first-order chi connectivity index (χ1) is 9.04. The molecule has 0 saturated carbocycles. The number of rotatable bonds is 4. The molecule has 0 spiro atoms. The molecule has 1 heterocycles. The molecule has 1 aromatic carbocycles. The van der Waals surface area contributed by atoms with Crippen molar-refractivity contribution in [3.8, 4) is 0 Å². The van der Waals surface area contributed by atoms with Crippen molar-refractivity contribution in [2.45, 2.75) is 32.8 Å². The van der Waals surface area contributed by atoms with E-state index in [0.29, 0.717) is 12.0 Å². The maximum Gasteiger partial charge on any atom is 0.123 e. The highest BCUT2D eigenvalue weighted by Crippen LogP contribution is 2.23. The molecule has 3 unspecified atom stereocenters. The molecule has 106 valence electrons. The van der Waals surface area contributed by atoms with Crippen LogP contribution in [0.3, 0.4) is 0 Å². The predicted octanol–water partition coefficient (Wildman–Crippen LogP) is 3.23. The molecule has 3 heteroatoms. The number of piperidine rings is 1. The largest absolute Gasteiger partial charge is 0.388 e. The number of hydrogen-bond donors (Lipinski definition) is 1. The van der Waals surface area contributed by atoms with Gasteiger partial charge < -0.3 is 10.0 Å². The monoisotopic (exact) mass is 265 g/mol. The standard InChI is InChI=1S/C16H24FNO/c1-12-8-13(2)11-18(10-12)7-6-16(19)14-4-3-5-15(17)9-14/h3-5,9,12-13,16,19H,6-8,10-11H2,1-2H3. The number of nitrogens with zero attached hydrogens (tertiary/aromatic N) is 1. The molecule has 0 aliphatic carbocycles. The second-order valence-corrected chi connectivity index (χ2v) is 6.07. The minimum atomic E-state index is -0.566. The van der Waals surface area contributed by atoms with E-state index in [9.17, 15) is 9.50 Å². The van der Waals surface area contributed by atoms with Crippen LogP contribution in [0.2, 0.25) is 0 Å². The minimum Gasteiger partial charge on any atom is -0.388 e. The van der Waals surface area contributed by atoms with E-state index in [1.54, 1.807) is 12.1 Å². The number of aliphatic hydroxyl groups is 1. The molecule has 0 bridgehead atoms. The third-order valence-corrected chi connectivity index (χ3v) is 3.90. The molecule has 2 nitrogen and oxygen atoms in total. The van der Waals surface area contributed by atoms with Gasteiger partial charge in [-0.3, -0.25) is 0 Å². The van der Waals surface area contributed by atoms with Gasteiger partial charge in [-0.2, -0.15) is 0 Å². The first kappa shape index (κ1) is 14.5. The minimum absolute atomic E-state index is 0.281. The fourth-order valence-electron chi connectivity index (χ4n) is 3.16. The van der Waals surface area contributed by atoms with E-state index in [2.05, 4.69) is 18.7 Å². The van der Waals surface area contributed by atoms with Gasteiger partial charge in [-0.1, -0.05) is 26.0 Å². The lowest BCUT2D eigenvalue weighted by atomic mass is 9.91. The molecule has 0 amide bonds. The molecule has 2 rings (SSSR count). The van der Waals surface area contributed by atoms with Gasteiger partial charge >= 0.3 is 0 Å². The second-order valence-electron chi connectivity index (χ2n) is 6.07. The number of aliphatic hydroxyl groups excluding tert-OH is 1. The lowest BCUT2D eigenvalue weighted by Gasteiger charge is -2.35. The van der Waals surface area contributed by atoms with Gasteiger partial charge in [-0.15, -0.1) is 0 Å². The molecule has 1 aliphatic heterocycles. The van der Waals surface area contributed by atoms with Crippen molar-refractivity contribution in [1.82, 2.24) is 4.90 Å². The zero-order valence-electron chi connectivity index (χ0n) is 11.8. The van der Waals surface area contributed by atoms with Gasteiger partial charge in [0.05, 0.1) is 6.10 Å². The van der Waals surface area contributed by atoms with Gasteiger partial charge in [0.25, 0.3) is 0 Å². The first-order valence-corrected chi connectivity index (χ1v) is 7.20. The van der Waals surface area contributed by atoms with E-state index in [-0.39, 0.29) is 5.82 Å². The lowest BCUT2D eigenvalue weighted by molar-refractivity contribution is 0.103. The summed E-state index contributed by atoms with van der Waals surface area (Å²) in [6.45, 7) is 7.67. The number of likely N-dealkylation sites (tertiary alicyclic amines) is 1. The molecule has 1 aromatic rings. The summed E-state index contributed by atoms with van der Waals surface area (Å²) in [5.74, 6) is 1.18. The summed E-state index contributed by atoms with van der Waals surface area (Å²) in [5, 5.41) is 10.1. The summed E-state index contributed by atoms with van der Waals surface area (Å²) in [5.41, 5.74) is 0.679. The third-order valence-electron chi connectivity index (χ3n) is 3.90. The molecule has 1 N–H and O–H groups in total. The summed E-state index contributed by atoms with van der Waals surface area (Å²) >= 11 is 0. The van der Waals surface area contributed by atoms with Crippen molar-refractivity contribution in [3.05, 3.63) is 35.6 Å². The smallest absolute Gasteiger partial charge is 0.123 e. The van der Waals surface area contributed by atoms with E-state index in [4.69, 9.17) is 0 Å². The van der Waals surface area contributed by atoms with Crippen molar-refractivity contribution < 1.29 is 9.50 Å². The average Bonchev–Trinajstić information content (AvgIpc) is 2.35. The Morgan fingerprint density at radius 3 is 2.63 bits per heavy atom. The molecular weight excluding hydrogens is 241 g/mol. The van der Waals surface area contributed by atoms with Crippen LogP contribution in [0.5, 0.6) is 0 Å². The normalized spacial score (nSPS) is 26.3. The molecule has 1 aliphatic rings. The average molecular weight is 265 g/mol. The fourth-order valence-corrected chi connectivity index (χ4v) is 3.16. The quantitative estimate of drug-likeness (QED) is 0.903. The van der Waals surface area contributed by atoms with Crippen molar-refractivity contribution in [3.63, 3.8) is 0 Å². The van der Waals surface area contributed by atoms with Crippen LogP contribution in [-0.2, 0) is 0 Å². The van der Waals surface area contributed by atoms with Crippen LogP contribution in [0.1, 0.15) is 38.4 Å². The molecule has 1 fully saturated rings. The van der Waals surface area contributed by atoms with Crippen molar-refractivity contribution in [2.75, 3.05) is 19.6 Å². The third kappa shape index (κ3) is 4.29. The van der Waals surface area contributed by atoms with Gasteiger partial charge in [-0.25, -0.2) is 4.39 Å². The lowest BCUT2D eigenvalue weighted by Crippen LogP contribution is -2.39. The molecule has 19 heavy (non-hydrogen) atoms.